The summed E-state index contributed by atoms with van der Waals surface area (Å²) in [5.41, 5.74) is 0.637. The molecule has 0 aliphatic heterocycles. The van der Waals surface area contributed by atoms with Crippen molar-refractivity contribution in [3.05, 3.63) is 33.8 Å². The summed E-state index contributed by atoms with van der Waals surface area (Å²) in [5, 5.41) is 0.993. The Hall–Kier alpha value is -0.570. The van der Waals surface area contributed by atoms with Gasteiger partial charge in [0, 0.05) is 20.0 Å². The average Bonchev–Trinajstić information content (AvgIpc) is 2.32. The Morgan fingerprint density at radius 3 is 2.50 bits per heavy atom. The van der Waals surface area contributed by atoms with Crippen molar-refractivity contribution in [2.75, 3.05) is 7.11 Å². The van der Waals surface area contributed by atoms with E-state index in [1.54, 1.807) is 19.2 Å². The molecule has 0 bridgehead atoms. The van der Waals surface area contributed by atoms with E-state index in [0.29, 0.717) is 29.3 Å². The van der Waals surface area contributed by atoms with Gasteiger partial charge in [0.2, 0.25) is 0 Å². The lowest BCUT2D eigenvalue weighted by Crippen LogP contribution is -2.23. The van der Waals surface area contributed by atoms with Crippen LogP contribution in [0.1, 0.15) is 32.3 Å². The molecule has 0 saturated heterocycles. The summed E-state index contributed by atoms with van der Waals surface area (Å²) in [6, 6.07) is 5.28. The molecule has 1 aromatic carbocycles. The molecule has 0 radical (unpaired) electrons. The number of halogens is 2. The van der Waals surface area contributed by atoms with E-state index >= 15 is 0 Å². The van der Waals surface area contributed by atoms with Gasteiger partial charge in [0.1, 0.15) is 5.78 Å². The third-order valence-electron chi connectivity index (χ3n) is 2.94. The van der Waals surface area contributed by atoms with E-state index in [0.717, 1.165) is 5.56 Å². The number of hydrogen-bond donors (Lipinski definition) is 0. The van der Waals surface area contributed by atoms with E-state index in [4.69, 9.17) is 27.9 Å². The van der Waals surface area contributed by atoms with Gasteiger partial charge in [-0.25, -0.2) is 0 Å². The first-order valence-electron chi connectivity index (χ1n) is 5.85. The molecule has 0 fully saturated rings. The summed E-state index contributed by atoms with van der Waals surface area (Å²) in [6.45, 7) is 3.94. The van der Waals surface area contributed by atoms with Crippen molar-refractivity contribution in [1.29, 1.82) is 0 Å². The Bertz CT molecular complexity index is 428. The Balaban J connectivity index is 2.52. The van der Waals surface area contributed by atoms with Crippen LogP contribution in [0.5, 0.6) is 0 Å². The van der Waals surface area contributed by atoms with Gasteiger partial charge in [-0.05, 0) is 38.0 Å². The molecule has 0 spiro atoms. The van der Waals surface area contributed by atoms with Gasteiger partial charge in [-0.2, -0.15) is 0 Å². The summed E-state index contributed by atoms with van der Waals surface area (Å²) < 4.78 is 5.28. The van der Waals surface area contributed by atoms with E-state index in [-0.39, 0.29) is 11.4 Å². The van der Waals surface area contributed by atoms with Crippen LogP contribution in [0.15, 0.2) is 18.2 Å². The van der Waals surface area contributed by atoms with Gasteiger partial charge >= 0.3 is 0 Å². The third kappa shape index (κ3) is 4.97. The maximum atomic E-state index is 11.8. The smallest absolute Gasteiger partial charge is 0.137 e. The van der Waals surface area contributed by atoms with E-state index in [9.17, 15) is 4.79 Å². The van der Waals surface area contributed by atoms with Gasteiger partial charge in [-0.15, -0.1) is 0 Å². The second-order valence-electron chi connectivity index (χ2n) is 4.93. The molecule has 0 N–H and O–H groups in total. The number of hydrogen-bond acceptors (Lipinski definition) is 2. The first-order valence-corrected chi connectivity index (χ1v) is 6.60. The number of carbonyl (C=O) groups excluding carboxylic acids is 1. The summed E-state index contributed by atoms with van der Waals surface area (Å²) in [4.78, 5) is 11.8. The van der Waals surface area contributed by atoms with Gasteiger partial charge in [-0.1, -0.05) is 29.3 Å². The molecule has 0 heterocycles. The highest BCUT2D eigenvalue weighted by atomic mass is 35.5. The van der Waals surface area contributed by atoms with Crippen LogP contribution in [-0.4, -0.2) is 18.5 Å². The maximum Gasteiger partial charge on any atom is 0.137 e. The normalized spacial score (nSPS) is 11.6. The molecule has 0 saturated carbocycles. The number of Topliss-reactive ketones (excluding diaryl/α,β-unsaturated/α-hetero) is 1. The first-order chi connectivity index (χ1) is 8.34. The molecule has 0 unspecified atom stereocenters. The van der Waals surface area contributed by atoms with E-state index in [1.165, 1.54) is 0 Å². The number of methoxy groups -OCH3 is 1. The maximum absolute atomic E-state index is 11.8. The molecule has 0 atom stereocenters. The van der Waals surface area contributed by atoms with Gasteiger partial charge in [0.25, 0.3) is 0 Å². The largest absolute Gasteiger partial charge is 0.379 e. The lowest BCUT2D eigenvalue weighted by atomic mass is 9.98. The third-order valence-corrected chi connectivity index (χ3v) is 3.68. The topological polar surface area (TPSA) is 26.3 Å². The Morgan fingerprint density at radius 2 is 1.94 bits per heavy atom. The highest BCUT2D eigenvalue weighted by Crippen LogP contribution is 2.23. The zero-order valence-electron chi connectivity index (χ0n) is 10.9. The molecule has 2 nitrogen and oxygen atoms in total. The van der Waals surface area contributed by atoms with Crippen LogP contribution in [0.4, 0.5) is 0 Å². The summed E-state index contributed by atoms with van der Waals surface area (Å²) >= 11 is 11.7. The lowest BCUT2D eigenvalue weighted by Gasteiger charge is -2.22. The molecule has 100 valence electrons. The van der Waals surface area contributed by atoms with Crippen LogP contribution < -0.4 is 0 Å². The molecule has 1 rings (SSSR count). The van der Waals surface area contributed by atoms with E-state index in [1.807, 2.05) is 19.9 Å². The van der Waals surface area contributed by atoms with Crippen molar-refractivity contribution >= 4 is 29.0 Å². The van der Waals surface area contributed by atoms with Gasteiger partial charge in [0.05, 0.1) is 15.6 Å². The standard InChI is InChI=1S/C14H18Cl2O2/c1-14(2,18-3)7-6-11(17)8-10-4-5-12(15)13(16)9-10/h4-5,9H,6-8H2,1-3H3. The molecule has 1 aromatic rings. The molecule has 0 aliphatic rings. The summed E-state index contributed by atoms with van der Waals surface area (Å²) in [5.74, 6) is 0.179. The molecular formula is C14H18Cl2O2. The molecule has 0 aromatic heterocycles. The molecular weight excluding hydrogens is 271 g/mol. The van der Waals surface area contributed by atoms with Crippen LogP contribution in [0.2, 0.25) is 10.0 Å². The number of carbonyl (C=O) groups is 1. The highest BCUT2D eigenvalue weighted by molar-refractivity contribution is 6.42. The predicted molar refractivity (Wildman–Crippen MR) is 75.5 cm³/mol. The monoisotopic (exact) mass is 288 g/mol. The zero-order valence-corrected chi connectivity index (χ0v) is 12.4. The number of ether oxygens (including phenoxy) is 1. The van der Waals surface area contributed by atoms with Crippen LogP contribution >= 0.6 is 23.2 Å². The highest BCUT2D eigenvalue weighted by Gasteiger charge is 2.18. The second-order valence-corrected chi connectivity index (χ2v) is 5.74. The minimum absolute atomic E-state index is 0.179. The van der Waals surface area contributed by atoms with Crippen molar-refractivity contribution in [2.45, 2.75) is 38.7 Å². The van der Waals surface area contributed by atoms with Crippen molar-refractivity contribution in [3.8, 4) is 0 Å². The molecule has 0 aliphatic carbocycles. The zero-order chi connectivity index (χ0) is 13.8. The van der Waals surface area contributed by atoms with Gasteiger partial charge in [0.15, 0.2) is 0 Å². The Labute approximate surface area is 118 Å². The van der Waals surface area contributed by atoms with Gasteiger partial charge < -0.3 is 4.74 Å². The lowest BCUT2D eigenvalue weighted by molar-refractivity contribution is -0.119. The van der Waals surface area contributed by atoms with Gasteiger partial charge in [-0.3, -0.25) is 4.79 Å². The van der Waals surface area contributed by atoms with E-state index in [2.05, 4.69) is 0 Å². The van der Waals surface area contributed by atoms with Crippen LogP contribution in [0, 0.1) is 0 Å². The fourth-order valence-corrected chi connectivity index (χ4v) is 1.83. The average molecular weight is 289 g/mol. The fraction of sp³-hybridized carbons (Fsp3) is 0.500. The molecule has 0 amide bonds. The Morgan fingerprint density at radius 1 is 1.28 bits per heavy atom. The molecule has 4 heteroatoms. The van der Waals surface area contributed by atoms with Crippen LogP contribution in [-0.2, 0) is 16.0 Å². The minimum atomic E-state index is -0.257. The van der Waals surface area contributed by atoms with Crippen molar-refractivity contribution in [3.63, 3.8) is 0 Å². The minimum Gasteiger partial charge on any atom is -0.379 e. The quantitative estimate of drug-likeness (QED) is 0.780. The van der Waals surface area contributed by atoms with Crippen molar-refractivity contribution < 1.29 is 9.53 Å². The number of benzene rings is 1. The van der Waals surface area contributed by atoms with Crippen LogP contribution in [0.25, 0.3) is 0 Å². The summed E-state index contributed by atoms with van der Waals surface area (Å²) in [6.07, 6.45) is 1.60. The molecule has 18 heavy (non-hydrogen) atoms. The SMILES string of the molecule is COC(C)(C)CCC(=O)Cc1ccc(Cl)c(Cl)c1. The fourth-order valence-electron chi connectivity index (χ4n) is 1.51. The van der Waals surface area contributed by atoms with E-state index < -0.39 is 0 Å². The van der Waals surface area contributed by atoms with Crippen molar-refractivity contribution in [2.24, 2.45) is 0 Å². The summed E-state index contributed by atoms with van der Waals surface area (Å²) in [7, 11) is 1.66. The number of ketones is 1. The van der Waals surface area contributed by atoms with Crippen molar-refractivity contribution in [1.82, 2.24) is 0 Å². The number of rotatable bonds is 6. The van der Waals surface area contributed by atoms with Crippen LogP contribution in [0.3, 0.4) is 0 Å². The first kappa shape index (κ1) is 15.5. The predicted octanol–water partition coefficient (Wildman–Crippen LogP) is 4.31. The Kier molecular flexibility index (Phi) is 5.64. The second kappa shape index (κ2) is 6.55.